The van der Waals surface area contributed by atoms with E-state index in [0.29, 0.717) is 5.92 Å². The second-order valence-electron chi connectivity index (χ2n) is 8.62. The second-order valence-corrected chi connectivity index (χ2v) is 9.93. The molecule has 5 nitrogen and oxygen atoms in total. The molecule has 1 aromatic heterocycles. The van der Waals surface area contributed by atoms with Crippen LogP contribution in [-0.4, -0.2) is 25.9 Å². The van der Waals surface area contributed by atoms with Gasteiger partial charge in [0, 0.05) is 22.7 Å². The predicted octanol–water partition coefficient (Wildman–Crippen LogP) is 6.59. The number of thioether (sulfide) groups is 1. The summed E-state index contributed by atoms with van der Waals surface area (Å²) < 4.78 is 2.16. The molecule has 3 aromatic carbocycles. The van der Waals surface area contributed by atoms with Gasteiger partial charge in [-0.3, -0.25) is 9.36 Å². The monoisotopic (exact) mass is 456 g/mol. The third kappa shape index (κ3) is 4.67. The molecule has 1 fully saturated rings. The van der Waals surface area contributed by atoms with E-state index in [-0.39, 0.29) is 11.2 Å². The lowest BCUT2D eigenvalue weighted by Crippen LogP contribution is -2.23. The van der Waals surface area contributed by atoms with Crippen LogP contribution in [0.1, 0.15) is 50.8 Å². The summed E-state index contributed by atoms with van der Waals surface area (Å²) in [5, 5.41) is 14.9. The van der Waals surface area contributed by atoms with E-state index in [0.717, 1.165) is 46.0 Å². The Morgan fingerprint density at radius 1 is 0.939 bits per heavy atom. The van der Waals surface area contributed by atoms with E-state index in [1.54, 1.807) is 0 Å². The molecule has 5 rings (SSSR count). The Morgan fingerprint density at radius 2 is 1.67 bits per heavy atom. The first-order valence-corrected chi connectivity index (χ1v) is 12.5. The Balaban J connectivity index is 1.40. The molecule has 0 saturated heterocycles. The number of nitrogens with one attached hydrogen (secondary N) is 1. The lowest BCUT2D eigenvalue weighted by atomic mass is 9.88. The van der Waals surface area contributed by atoms with Gasteiger partial charge < -0.3 is 5.32 Å². The van der Waals surface area contributed by atoms with Gasteiger partial charge in [0.1, 0.15) is 5.82 Å². The van der Waals surface area contributed by atoms with Crippen molar-refractivity contribution in [1.82, 2.24) is 14.8 Å². The van der Waals surface area contributed by atoms with Gasteiger partial charge in [0.2, 0.25) is 5.91 Å². The first-order chi connectivity index (χ1) is 16.2. The smallest absolute Gasteiger partial charge is 0.237 e. The van der Waals surface area contributed by atoms with Crippen molar-refractivity contribution >= 4 is 34.1 Å². The lowest BCUT2D eigenvalue weighted by Gasteiger charge is -2.22. The Kier molecular flexibility index (Phi) is 6.44. The highest BCUT2D eigenvalue weighted by Crippen LogP contribution is 2.36. The van der Waals surface area contributed by atoms with Crippen molar-refractivity contribution in [3.05, 3.63) is 78.6 Å². The number of hydrogen-bond acceptors (Lipinski definition) is 4. The van der Waals surface area contributed by atoms with Crippen molar-refractivity contribution in [2.24, 2.45) is 0 Å². The SMILES string of the molecule is C[C@@H](Sc1nnc(C2CCCCC2)n1-c1ccccc1)C(=O)Nc1cccc2ccccc12. The minimum atomic E-state index is -0.324. The molecule has 1 saturated carbocycles. The number of para-hydroxylation sites is 1. The van der Waals surface area contributed by atoms with Crippen LogP contribution in [0.2, 0.25) is 0 Å². The van der Waals surface area contributed by atoms with Gasteiger partial charge in [0.25, 0.3) is 0 Å². The van der Waals surface area contributed by atoms with Crippen molar-refractivity contribution in [2.45, 2.75) is 55.4 Å². The zero-order valence-corrected chi connectivity index (χ0v) is 19.6. The van der Waals surface area contributed by atoms with Gasteiger partial charge in [-0.2, -0.15) is 0 Å². The number of rotatable bonds is 6. The number of benzene rings is 3. The zero-order valence-electron chi connectivity index (χ0n) is 18.8. The molecule has 4 aromatic rings. The largest absolute Gasteiger partial charge is 0.325 e. The van der Waals surface area contributed by atoms with Crippen molar-refractivity contribution < 1.29 is 4.79 Å². The molecule has 0 unspecified atom stereocenters. The number of nitrogens with zero attached hydrogens (tertiary/aromatic N) is 3. The third-order valence-corrected chi connectivity index (χ3v) is 7.38. The predicted molar refractivity (Wildman–Crippen MR) is 135 cm³/mol. The number of carbonyl (C=O) groups is 1. The molecule has 1 aliphatic carbocycles. The summed E-state index contributed by atoms with van der Waals surface area (Å²) in [7, 11) is 0. The third-order valence-electron chi connectivity index (χ3n) is 6.34. The maximum atomic E-state index is 13.1. The van der Waals surface area contributed by atoms with Gasteiger partial charge in [0.05, 0.1) is 5.25 Å². The summed E-state index contributed by atoms with van der Waals surface area (Å²) in [4.78, 5) is 13.1. The molecule has 6 heteroatoms. The molecule has 0 spiro atoms. The average molecular weight is 457 g/mol. The van der Waals surface area contributed by atoms with E-state index in [1.165, 1.54) is 31.0 Å². The van der Waals surface area contributed by atoms with Gasteiger partial charge in [0.15, 0.2) is 5.16 Å². The molecule has 1 heterocycles. The number of carbonyl (C=O) groups excluding carboxylic acids is 1. The summed E-state index contributed by atoms with van der Waals surface area (Å²) in [5.41, 5.74) is 1.88. The molecule has 0 aliphatic heterocycles. The first kappa shape index (κ1) is 21.7. The van der Waals surface area contributed by atoms with E-state index < -0.39 is 0 Å². The van der Waals surface area contributed by atoms with Crippen LogP contribution >= 0.6 is 11.8 Å². The van der Waals surface area contributed by atoms with Crippen LogP contribution in [0.25, 0.3) is 16.5 Å². The van der Waals surface area contributed by atoms with Gasteiger partial charge in [-0.25, -0.2) is 0 Å². The average Bonchev–Trinajstić information content (AvgIpc) is 3.28. The van der Waals surface area contributed by atoms with Gasteiger partial charge >= 0.3 is 0 Å². The number of hydrogen-bond donors (Lipinski definition) is 1. The molecule has 1 N–H and O–H groups in total. The molecular weight excluding hydrogens is 428 g/mol. The fourth-order valence-corrected chi connectivity index (χ4v) is 5.46. The maximum Gasteiger partial charge on any atom is 0.237 e. The summed E-state index contributed by atoms with van der Waals surface area (Å²) >= 11 is 1.46. The van der Waals surface area contributed by atoms with Gasteiger partial charge in [-0.15, -0.1) is 10.2 Å². The summed E-state index contributed by atoms with van der Waals surface area (Å²) in [6, 6.07) is 24.3. The fourth-order valence-electron chi connectivity index (χ4n) is 4.58. The molecule has 1 atom stereocenters. The lowest BCUT2D eigenvalue weighted by molar-refractivity contribution is -0.115. The Bertz CT molecular complexity index is 1240. The van der Waals surface area contributed by atoms with Crippen molar-refractivity contribution in [3.63, 3.8) is 0 Å². The van der Waals surface area contributed by atoms with Crippen LogP contribution in [0.3, 0.4) is 0 Å². The number of aromatic nitrogens is 3. The minimum Gasteiger partial charge on any atom is -0.325 e. The van der Waals surface area contributed by atoms with Crippen LogP contribution in [0.15, 0.2) is 78.0 Å². The maximum absolute atomic E-state index is 13.1. The summed E-state index contributed by atoms with van der Waals surface area (Å²) in [5.74, 6) is 1.39. The molecule has 0 bridgehead atoms. The Labute approximate surface area is 198 Å². The van der Waals surface area contributed by atoms with E-state index in [2.05, 4.69) is 44.3 Å². The van der Waals surface area contributed by atoms with Crippen molar-refractivity contribution in [1.29, 1.82) is 0 Å². The second kappa shape index (κ2) is 9.79. The summed E-state index contributed by atoms with van der Waals surface area (Å²) in [6.45, 7) is 1.93. The number of fused-ring (bicyclic) bond motifs is 1. The van der Waals surface area contributed by atoms with E-state index >= 15 is 0 Å². The molecule has 1 aliphatic rings. The quantitative estimate of drug-likeness (QED) is 0.333. The molecular formula is C27H28N4OS. The molecule has 0 radical (unpaired) electrons. The highest BCUT2D eigenvalue weighted by molar-refractivity contribution is 8.00. The standard InChI is InChI=1S/C27H28N4OS/c1-19(26(32)28-24-18-10-14-20-11-8-9-17-23(20)24)33-27-30-29-25(21-12-4-2-5-13-21)31(27)22-15-6-3-7-16-22/h3,6-11,14-19,21H,2,4-5,12-13H2,1H3,(H,28,32)/t19-/m1/s1. The number of amides is 1. The Hall–Kier alpha value is -3.12. The van der Waals surface area contributed by atoms with Crippen LogP contribution in [-0.2, 0) is 4.79 Å². The summed E-state index contributed by atoms with van der Waals surface area (Å²) in [6.07, 6.45) is 6.06. The fraction of sp³-hybridized carbons (Fsp3) is 0.296. The van der Waals surface area contributed by atoms with Gasteiger partial charge in [-0.1, -0.05) is 85.6 Å². The van der Waals surface area contributed by atoms with Crippen LogP contribution < -0.4 is 5.32 Å². The van der Waals surface area contributed by atoms with Crippen molar-refractivity contribution in [3.8, 4) is 5.69 Å². The van der Waals surface area contributed by atoms with Crippen LogP contribution in [0.4, 0.5) is 5.69 Å². The first-order valence-electron chi connectivity index (χ1n) is 11.7. The highest BCUT2D eigenvalue weighted by atomic mass is 32.2. The zero-order chi connectivity index (χ0) is 22.6. The number of anilines is 1. The van der Waals surface area contributed by atoms with Crippen LogP contribution in [0, 0.1) is 0 Å². The topological polar surface area (TPSA) is 59.8 Å². The van der Waals surface area contributed by atoms with E-state index in [4.69, 9.17) is 0 Å². The highest BCUT2D eigenvalue weighted by Gasteiger charge is 2.26. The molecule has 168 valence electrons. The molecule has 33 heavy (non-hydrogen) atoms. The van der Waals surface area contributed by atoms with Crippen molar-refractivity contribution in [2.75, 3.05) is 5.32 Å². The van der Waals surface area contributed by atoms with Crippen LogP contribution in [0.5, 0.6) is 0 Å². The normalized spacial score (nSPS) is 15.4. The van der Waals surface area contributed by atoms with Gasteiger partial charge in [-0.05, 0) is 43.4 Å². The minimum absolute atomic E-state index is 0.0434. The van der Waals surface area contributed by atoms with E-state index in [1.807, 2.05) is 55.5 Å². The van der Waals surface area contributed by atoms with E-state index in [9.17, 15) is 4.79 Å². The Morgan fingerprint density at radius 3 is 2.48 bits per heavy atom. The molecule has 1 amide bonds.